The fourth-order valence-corrected chi connectivity index (χ4v) is 2.81. The Bertz CT molecular complexity index is 815. The molecule has 0 amide bonds. The largest absolute Gasteiger partial charge is 0.582 e. The van der Waals surface area contributed by atoms with Crippen molar-refractivity contribution in [3.05, 3.63) is 16.7 Å². The van der Waals surface area contributed by atoms with Gasteiger partial charge in [0.1, 0.15) is 31.1 Å². The van der Waals surface area contributed by atoms with Gasteiger partial charge < -0.3 is 15.6 Å². The summed E-state index contributed by atoms with van der Waals surface area (Å²) in [6.45, 7) is -0.351. The molecule has 124 valence electrons. The zero-order valence-corrected chi connectivity index (χ0v) is 13.2. The second-order valence-electron chi connectivity index (χ2n) is 4.81. The number of thiol groups is 1. The molecular weight excluding hydrogens is 352 g/mol. The van der Waals surface area contributed by atoms with E-state index in [1.165, 1.54) is 10.9 Å². The normalized spacial score (nSPS) is 28.4. The number of aliphatic hydroxyl groups excluding tert-OH is 1. The summed E-state index contributed by atoms with van der Waals surface area (Å²) in [7, 11) is -2.22. The number of nitrogens with zero attached hydrogens (tertiary/aromatic N) is 3. The minimum atomic E-state index is -2.22. The molecule has 23 heavy (non-hydrogen) atoms. The van der Waals surface area contributed by atoms with Crippen LogP contribution in [0.25, 0.3) is 11.2 Å². The molecule has 5 atom stereocenters. The molecule has 1 aliphatic heterocycles. The van der Waals surface area contributed by atoms with Gasteiger partial charge in [-0.05, 0) is 4.57 Å². The molecule has 2 aromatic heterocycles. The average molecular weight is 364 g/mol. The summed E-state index contributed by atoms with van der Waals surface area (Å²) in [6.07, 6.45) is -4.50. The van der Waals surface area contributed by atoms with Gasteiger partial charge in [0.25, 0.3) is 5.56 Å². The summed E-state index contributed by atoms with van der Waals surface area (Å²) in [5, 5.41) is 10.0. The maximum atomic E-state index is 14.1. The molecule has 3 rings (SSSR count). The minimum Gasteiger partial charge on any atom is -0.385 e. The molecule has 0 aromatic carbocycles. The van der Waals surface area contributed by atoms with E-state index in [1.807, 2.05) is 0 Å². The highest BCUT2D eigenvalue weighted by atomic mass is 32.7. The summed E-state index contributed by atoms with van der Waals surface area (Å²) < 4.78 is 36.2. The molecule has 0 spiro atoms. The smallest absolute Gasteiger partial charge is 0.385 e. The third-order valence-corrected chi connectivity index (χ3v) is 4.08. The topological polar surface area (TPSA) is 145 Å². The molecule has 1 saturated heterocycles. The maximum Gasteiger partial charge on any atom is 0.582 e. The Morgan fingerprint density at radius 2 is 2.39 bits per heavy atom. The first-order chi connectivity index (χ1) is 10.9. The number of nitrogen functional groups attached to an aromatic ring is 1. The predicted molar refractivity (Wildman–Crippen MR) is 79.9 cm³/mol. The first-order valence-corrected chi connectivity index (χ1v) is 8.70. The molecule has 1 fully saturated rings. The SMILES string of the molecule is Nc1nc2c(ncn2[C@@H]2O[C@H](CO[P+](=O)S)[C@H](F)C2O)c(=O)[nH]1. The molecule has 0 saturated carbocycles. The number of nitrogens with two attached hydrogens (primary N) is 1. The molecule has 3 heterocycles. The van der Waals surface area contributed by atoms with Crippen molar-refractivity contribution < 1.29 is 23.3 Å². The van der Waals surface area contributed by atoms with E-state index in [4.69, 9.17) is 15.0 Å². The highest BCUT2D eigenvalue weighted by Crippen LogP contribution is 2.35. The van der Waals surface area contributed by atoms with Crippen LogP contribution in [0.4, 0.5) is 10.3 Å². The van der Waals surface area contributed by atoms with Gasteiger partial charge in [-0.15, -0.1) is 4.52 Å². The van der Waals surface area contributed by atoms with E-state index in [2.05, 4.69) is 27.2 Å². The monoisotopic (exact) mass is 364 g/mol. The lowest BCUT2D eigenvalue weighted by Crippen LogP contribution is -2.29. The van der Waals surface area contributed by atoms with Crippen molar-refractivity contribution in [3.8, 4) is 0 Å². The molecule has 0 bridgehead atoms. The van der Waals surface area contributed by atoms with Crippen molar-refractivity contribution in [1.82, 2.24) is 19.5 Å². The van der Waals surface area contributed by atoms with E-state index in [9.17, 15) is 18.9 Å². The number of anilines is 1. The van der Waals surface area contributed by atoms with Gasteiger partial charge in [0, 0.05) is 0 Å². The molecule has 10 nitrogen and oxygen atoms in total. The highest BCUT2D eigenvalue weighted by Gasteiger charge is 2.46. The number of aromatic nitrogens is 4. The van der Waals surface area contributed by atoms with Crippen molar-refractivity contribution in [2.75, 3.05) is 12.3 Å². The van der Waals surface area contributed by atoms with Crippen molar-refractivity contribution >= 4 is 36.6 Å². The van der Waals surface area contributed by atoms with Crippen molar-refractivity contribution in [2.24, 2.45) is 0 Å². The number of hydrogen-bond acceptors (Lipinski definition) is 8. The zero-order valence-electron chi connectivity index (χ0n) is 11.4. The first kappa shape index (κ1) is 16.3. The van der Waals surface area contributed by atoms with E-state index in [1.54, 1.807) is 0 Å². The number of imidazole rings is 1. The number of aliphatic hydroxyl groups is 1. The van der Waals surface area contributed by atoms with Crippen molar-refractivity contribution in [3.63, 3.8) is 0 Å². The number of halogens is 1. The average Bonchev–Trinajstić information content (AvgIpc) is 3.00. The second kappa shape index (κ2) is 6.13. The maximum absolute atomic E-state index is 14.1. The molecular formula is C10H12FN5O5PS+. The van der Waals surface area contributed by atoms with E-state index >= 15 is 0 Å². The number of nitrogens with one attached hydrogen (secondary N) is 1. The Morgan fingerprint density at radius 3 is 3.09 bits per heavy atom. The third-order valence-electron chi connectivity index (χ3n) is 3.36. The summed E-state index contributed by atoms with van der Waals surface area (Å²) in [4.78, 5) is 21.8. The van der Waals surface area contributed by atoms with Crippen LogP contribution in [0.5, 0.6) is 0 Å². The van der Waals surface area contributed by atoms with Crippen molar-refractivity contribution in [2.45, 2.75) is 24.6 Å². The van der Waals surface area contributed by atoms with Gasteiger partial charge in [-0.1, -0.05) is 0 Å². The van der Waals surface area contributed by atoms with Gasteiger partial charge in [0.2, 0.25) is 5.95 Å². The molecule has 4 N–H and O–H groups in total. The van der Waals surface area contributed by atoms with E-state index in [0.717, 1.165) is 0 Å². The lowest BCUT2D eigenvalue weighted by molar-refractivity contribution is -0.0453. The molecule has 0 aliphatic carbocycles. The standard InChI is InChI=1S/C10H11FN5O5PS/c11-4-3(1-20-22(19)23)21-9(6(4)17)16-2-13-5-7(16)14-10(12)15-8(5)18/h2-4,6,9,17H,1H2,(H3-,12,14,15,18,19,23)/p+1/t3-,4+,6?,9-/m1/s1. The quantitative estimate of drug-likeness (QED) is 0.435. The molecule has 13 heteroatoms. The highest BCUT2D eigenvalue weighted by molar-refractivity contribution is 8.39. The minimum absolute atomic E-state index is 0.0245. The fraction of sp³-hybridized carbons (Fsp3) is 0.500. The number of ether oxygens (including phenoxy) is 1. The second-order valence-corrected chi connectivity index (χ2v) is 6.52. The summed E-state index contributed by atoms with van der Waals surface area (Å²) in [6, 6.07) is 0. The number of fused-ring (bicyclic) bond motifs is 1. The van der Waals surface area contributed by atoms with Crippen LogP contribution in [0, 0.1) is 0 Å². The van der Waals surface area contributed by atoms with Crippen molar-refractivity contribution in [1.29, 1.82) is 0 Å². The van der Waals surface area contributed by atoms with E-state index in [0.29, 0.717) is 0 Å². The van der Waals surface area contributed by atoms with Crippen LogP contribution in [0.1, 0.15) is 6.23 Å². The summed E-state index contributed by atoms with van der Waals surface area (Å²) in [5.74, 6) is -0.152. The van der Waals surface area contributed by atoms with Crippen LogP contribution in [0.3, 0.4) is 0 Å². The van der Waals surface area contributed by atoms with Gasteiger partial charge in [0.15, 0.2) is 23.6 Å². The van der Waals surface area contributed by atoms with Gasteiger partial charge in [-0.25, -0.2) is 9.37 Å². The Morgan fingerprint density at radius 1 is 1.65 bits per heavy atom. The molecule has 2 unspecified atom stereocenters. The number of rotatable bonds is 4. The summed E-state index contributed by atoms with van der Waals surface area (Å²) in [5.41, 5.74) is 4.93. The number of hydrogen-bond donors (Lipinski definition) is 4. The van der Waals surface area contributed by atoms with Crippen LogP contribution < -0.4 is 11.3 Å². The van der Waals surface area contributed by atoms with Gasteiger partial charge >= 0.3 is 7.23 Å². The van der Waals surface area contributed by atoms with Gasteiger partial charge in [0.05, 0.1) is 6.33 Å². The lowest BCUT2D eigenvalue weighted by atomic mass is 10.1. The number of aromatic amines is 1. The Hall–Kier alpha value is -1.59. The Kier molecular flexibility index (Phi) is 4.34. The van der Waals surface area contributed by atoms with E-state index < -0.39 is 37.4 Å². The number of H-pyrrole nitrogens is 1. The number of alkyl halides is 1. The molecule has 0 radical (unpaired) electrons. The molecule has 2 aromatic rings. The van der Waals surface area contributed by atoms with Crippen LogP contribution in [-0.4, -0.2) is 49.6 Å². The van der Waals surface area contributed by atoms with Crippen LogP contribution in [0.15, 0.2) is 11.1 Å². The van der Waals surface area contributed by atoms with Crippen LogP contribution in [0.2, 0.25) is 0 Å². The van der Waals surface area contributed by atoms with Crippen LogP contribution >= 0.6 is 19.5 Å². The fourth-order valence-electron chi connectivity index (χ4n) is 2.34. The third kappa shape index (κ3) is 2.95. The lowest BCUT2D eigenvalue weighted by Gasteiger charge is -2.15. The molecule has 1 aliphatic rings. The zero-order chi connectivity index (χ0) is 16.7. The van der Waals surface area contributed by atoms with Gasteiger partial charge in [-0.2, -0.15) is 4.98 Å². The van der Waals surface area contributed by atoms with Crippen LogP contribution in [-0.2, 0) is 13.8 Å². The first-order valence-electron chi connectivity index (χ1n) is 6.37. The summed E-state index contributed by atoms with van der Waals surface area (Å²) >= 11 is 3.55. The van der Waals surface area contributed by atoms with E-state index in [-0.39, 0.29) is 23.7 Å². The Balaban J connectivity index is 1.93. The predicted octanol–water partition coefficient (Wildman–Crippen LogP) is -0.0980. The Labute approximate surface area is 133 Å². The van der Waals surface area contributed by atoms with Gasteiger partial charge in [-0.3, -0.25) is 14.3 Å².